The molecule has 3 rings (SSSR count). The van der Waals surface area contributed by atoms with Crippen molar-refractivity contribution >= 4 is 28.1 Å². The van der Waals surface area contributed by atoms with Crippen LogP contribution in [0.5, 0.6) is 0 Å². The molecule has 1 aliphatic rings. The summed E-state index contributed by atoms with van der Waals surface area (Å²) in [6.45, 7) is 3.28. The molecule has 7 nitrogen and oxygen atoms in total. The minimum absolute atomic E-state index is 0. The second-order valence-electron chi connectivity index (χ2n) is 6.16. The van der Waals surface area contributed by atoms with Crippen LogP contribution < -0.4 is 5.32 Å². The highest BCUT2D eigenvalue weighted by Gasteiger charge is 2.37. The topological polar surface area (TPSA) is 92.6 Å². The monoisotopic (exact) mass is 411 g/mol. The van der Waals surface area contributed by atoms with Gasteiger partial charge in [0.1, 0.15) is 0 Å². The zero-order valence-electron chi connectivity index (χ0n) is 14.9. The summed E-state index contributed by atoms with van der Waals surface area (Å²) < 4.78 is 27.8. The van der Waals surface area contributed by atoms with E-state index < -0.39 is 26.7 Å². The third-order valence-corrected chi connectivity index (χ3v) is 6.57. The summed E-state index contributed by atoms with van der Waals surface area (Å²) in [7, 11) is -4.00. The minimum Gasteiger partial charge on any atom is -0.313 e. The second kappa shape index (κ2) is 8.79. The normalized spacial score (nSPS) is 17.9. The van der Waals surface area contributed by atoms with E-state index in [4.69, 9.17) is 0 Å². The molecule has 0 aromatic heterocycles. The van der Waals surface area contributed by atoms with Crippen molar-refractivity contribution in [3.05, 3.63) is 69.8 Å². The number of nitro benzene ring substituents is 1. The lowest BCUT2D eigenvalue weighted by Crippen LogP contribution is -2.48. The van der Waals surface area contributed by atoms with Crippen molar-refractivity contribution < 1.29 is 13.3 Å². The van der Waals surface area contributed by atoms with Crippen molar-refractivity contribution in [1.29, 1.82) is 0 Å². The molecule has 0 saturated carbocycles. The number of hydrogen-bond donors (Lipinski definition) is 1. The number of aryl methyl sites for hydroxylation is 1. The predicted molar refractivity (Wildman–Crippen MR) is 106 cm³/mol. The number of sulfonamides is 1. The fourth-order valence-electron chi connectivity index (χ4n) is 3.19. The third-order valence-electron chi connectivity index (χ3n) is 4.62. The van der Waals surface area contributed by atoms with Crippen LogP contribution in [-0.2, 0) is 16.4 Å². The summed E-state index contributed by atoms with van der Waals surface area (Å²) in [4.78, 5) is 10.4. The number of nitrogens with zero attached hydrogens (tertiary/aromatic N) is 2. The molecular weight excluding hydrogens is 390 g/mol. The molecule has 1 N–H and O–H groups in total. The van der Waals surface area contributed by atoms with E-state index >= 15 is 0 Å². The van der Waals surface area contributed by atoms with Crippen molar-refractivity contribution in [2.45, 2.75) is 24.3 Å². The van der Waals surface area contributed by atoms with Gasteiger partial charge in [-0.05, 0) is 23.6 Å². The molecule has 0 amide bonds. The number of halogens is 1. The van der Waals surface area contributed by atoms with E-state index in [9.17, 15) is 18.5 Å². The van der Waals surface area contributed by atoms with E-state index in [1.54, 1.807) is 0 Å². The lowest BCUT2D eigenvalue weighted by molar-refractivity contribution is -0.387. The SMILES string of the molecule is CCc1ccc(C2CNCCN2S(=O)(=O)c2ccccc2[N+](=O)[O-])cc1.Cl. The van der Waals surface area contributed by atoms with Crippen LogP contribution in [0.25, 0.3) is 0 Å². The quantitative estimate of drug-likeness (QED) is 0.603. The lowest BCUT2D eigenvalue weighted by Gasteiger charge is -2.35. The summed E-state index contributed by atoms with van der Waals surface area (Å²) in [5, 5.41) is 14.5. The van der Waals surface area contributed by atoms with Crippen LogP contribution in [0.2, 0.25) is 0 Å². The molecule has 27 heavy (non-hydrogen) atoms. The van der Waals surface area contributed by atoms with E-state index in [0.29, 0.717) is 13.1 Å². The fourth-order valence-corrected chi connectivity index (χ4v) is 4.96. The smallest absolute Gasteiger partial charge is 0.289 e. The van der Waals surface area contributed by atoms with Gasteiger partial charge < -0.3 is 5.32 Å². The molecule has 2 aromatic carbocycles. The molecule has 1 atom stereocenters. The molecule has 0 spiro atoms. The van der Waals surface area contributed by atoms with Gasteiger partial charge in [0.25, 0.3) is 15.7 Å². The van der Waals surface area contributed by atoms with Crippen LogP contribution in [0.15, 0.2) is 53.4 Å². The summed E-state index contributed by atoms with van der Waals surface area (Å²) in [5.74, 6) is 0. The van der Waals surface area contributed by atoms with Gasteiger partial charge in [-0.2, -0.15) is 4.31 Å². The molecular formula is C18H22ClN3O4S. The Bertz CT molecular complexity index is 903. The lowest BCUT2D eigenvalue weighted by atomic mass is 10.0. The highest BCUT2D eigenvalue weighted by molar-refractivity contribution is 7.89. The molecule has 146 valence electrons. The Balaban J connectivity index is 0.00000261. The van der Waals surface area contributed by atoms with Gasteiger partial charge in [-0.15, -0.1) is 12.4 Å². The zero-order chi connectivity index (χ0) is 18.7. The van der Waals surface area contributed by atoms with Crippen LogP contribution in [0.3, 0.4) is 0 Å². The Hall–Kier alpha value is -2.00. The van der Waals surface area contributed by atoms with Crippen molar-refractivity contribution in [2.75, 3.05) is 19.6 Å². The van der Waals surface area contributed by atoms with Gasteiger partial charge in [0.05, 0.1) is 11.0 Å². The predicted octanol–water partition coefficient (Wildman–Crippen LogP) is 2.91. The van der Waals surface area contributed by atoms with Crippen LogP contribution in [0.4, 0.5) is 5.69 Å². The van der Waals surface area contributed by atoms with Gasteiger partial charge in [-0.3, -0.25) is 10.1 Å². The standard InChI is InChI=1S/C18H21N3O4S.ClH/c1-2-14-7-9-15(10-8-14)17-13-19-11-12-20(17)26(24,25)18-6-4-3-5-16(18)21(22)23;/h3-10,17,19H,2,11-13H2,1H3;1H. The van der Waals surface area contributed by atoms with Crippen LogP contribution in [-0.4, -0.2) is 37.3 Å². The van der Waals surface area contributed by atoms with E-state index in [1.165, 1.54) is 34.1 Å². The number of nitrogens with one attached hydrogen (secondary N) is 1. The molecule has 2 aromatic rings. The molecule has 0 radical (unpaired) electrons. The van der Waals surface area contributed by atoms with Gasteiger partial charge in [-0.25, -0.2) is 8.42 Å². The Morgan fingerprint density at radius 2 is 1.85 bits per heavy atom. The maximum atomic E-state index is 13.2. The first-order chi connectivity index (χ1) is 12.4. The van der Waals surface area contributed by atoms with Crippen molar-refractivity contribution in [3.63, 3.8) is 0 Å². The number of hydrogen-bond acceptors (Lipinski definition) is 5. The third kappa shape index (κ3) is 4.30. The van der Waals surface area contributed by atoms with Gasteiger partial charge in [0.2, 0.25) is 0 Å². The van der Waals surface area contributed by atoms with Gasteiger partial charge >= 0.3 is 0 Å². The molecule has 1 saturated heterocycles. The Morgan fingerprint density at radius 1 is 1.19 bits per heavy atom. The van der Waals surface area contributed by atoms with E-state index in [2.05, 4.69) is 12.2 Å². The molecule has 1 heterocycles. The maximum absolute atomic E-state index is 13.2. The average molecular weight is 412 g/mol. The van der Waals surface area contributed by atoms with Crippen LogP contribution in [0, 0.1) is 10.1 Å². The number of benzene rings is 2. The molecule has 1 aliphatic heterocycles. The highest BCUT2D eigenvalue weighted by Crippen LogP contribution is 2.33. The van der Waals surface area contributed by atoms with Crippen molar-refractivity contribution in [1.82, 2.24) is 9.62 Å². The second-order valence-corrected chi connectivity index (χ2v) is 8.01. The number of piperazine rings is 1. The van der Waals surface area contributed by atoms with Crippen LogP contribution >= 0.6 is 12.4 Å². The molecule has 0 aliphatic carbocycles. The van der Waals surface area contributed by atoms with Crippen LogP contribution in [0.1, 0.15) is 24.1 Å². The summed E-state index contributed by atoms with van der Waals surface area (Å²) in [6, 6.07) is 12.9. The summed E-state index contributed by atoms with van der Waals surface area (Å²) >= 11 is 0. The van der Waals surface area contributed by atoms with Crippen molar-refractivity contribution in [2.24, 2.45) is 0 Å². The Labute approximate surface area is 165 Å². The molecule has 9 heteroatoms. The van der Waals surface area contributed by atoms with Gasteiger partial charge in [0, 0.05) is 25.7 Å². The zero-order valence-corrected chi connectivity index (χ0v) is 16.5. The first kappa shape index (κ1) is 21.3. The molecule has 1 fully saturated rings. The van der Waals surface area contributed by atoms with E-state index in [-0.39, 0.29) is 23.8 Å². The summed E-state index contributed by atoms with van der Waals surface area (Å²) in [5.41, 5.74) is 1.65. The van der Waals surface area contributed by atoms with Gasteiger partial charge in [-0.1, -0.05) is 43.3 Å². The highest BCUT2D eigenvalue weighted by atomic mass is 35.5. The minimum atomic E-state index is -4.00. The van der Waals surface area contributed by atoms with Crippen molar-refractivity contribution in [3.8, 4) is 0 Å². The Morgan fingerprint density at radius 3 is 2.48 bits per heavy atom. The first-order valence-electron chi connectivity index (χ1n) is 8.50. The number of rotatable bonds is 5. The Kier molecular flexibility index (Phi) is 6.94. The molecule has 0 bridgehead atoms. The average Bonchev–Trinajstić information content (AvgIpc) is 2.68. The van der Waals surface area contributed by atoms with E-state index in [1.807, 2.05) is 24.3 Å². The van der Waals surface area contributed by atoms with Gasteiger partial charge in [0.15, 0.2) is 4.90 Å². The van der Waals surface area contributed by atoms with E-state index in [0.717, 1.165) is 12.0 Å². The largest absolute Gasteiger partial charge is 0.313 e. The number of para-hydroxylation sites is 1. The first-order valence-corrected chi connectivity index (χ1v) is 9.94. The number of nitro groups is 1. The molecule has 1 unspecified atom stereocenters. The fraction of sp³-hybridized carbons (Fsp3) is 0.333. The maximum Gasteiger partial charge on any atom is 0.289 e. The summed E-state index contributed by atoms with van der Waals surface area (Å²) in [6.07, 6.45) is 0.904.